The SMILES string of the molecule is CS(=O)(=O)OCCCCS([O])(=O)=O. The summed E-state index contributed by atoms with van der Waals surface area (Å²) in [4.78, 5) is 0. The minimum Gasteiger partial charge on any atom is -0.270 e. The van der Waals surface area contributed by atoms with Gasteiger partial charge < -0.3 is 0 Å². The molecule has 0 unspecified atom stereocenters. The molecule has 0 aromatic heterocycles. The molecule has 0 atom stereocenters. The van der Waals surface area contributed by atoms with Gasteiger partial charge in [0.2, 0.25) is 0 Å². The van der Waals surface area contributed by atoms with Crippen LogP contribution in [-0.4, -0.2) is 35.5 Å². The Morgan fingerprint density at radius 3 is 2.00 bits per heavy atom. The molecule has 0 aromatic carbocycles. The summed E-state index contributed by atoms with van der Waals surface area (Å²) in [6, 6.07) is 0. The van der Waals surface area contributed by atoms with E-state index in [9.17, 15) is 21.4 Å². The topological polar surface area (TPSA) is 97.4 Å². The van der Waals surface area contributed by atoms with Gasteiger partial charge in [-0.1, -0.05) is 4.55 Å². The van der Waals surface area contributed by atoms with E-state index in [1.54, 1.807) is 0 Å². The van der Waals surface area contributed by atoms with Crippen LogP contribution >= 0.6 is 0 Å². The monoisotopic (exact) mass is 231 g/mol. The predicted octanol–water partition coefficient (Wildman–Crippen LogP) is -0.497. The normalized spacial score (nSPS) is 13.1. The molecular formula is C5H11O6S2. The summed E-state index contributed by atoms with van der Waals surface area (Å²) in [7, 11) is -7.66. The highest BCUT2D eigenvalue weighted by Gasteiger charge is 2.06. The molecule has 0 aliphatic carbocycles. The van der Waals surface area contributed by atoms with Crippen LogP contribution < -0.4 is 0 Å². The van der Waals surface area contributed by atoms with Crippen molar-refractivity contribution in [2.75, 3.05) is 18.6 Å². The van der Waals surface area contributed by atoms with Crippen molar-refractivity contribution in [3.63, 3.8) is 0 Å². The van der Waals surface area contributed by atoms with E-state index in [1.165, 1.54) is 0 Å². The van der Waals surface area contributed by atoms with Gasteiger partial charge in [0.1, 0.15) is 0 Å². The van der Waals surface area contributed by atoms with Crippen LogP contribution in [-0.2, 0) is 29.0 Å². The first-order chi connectivity index (χ1) is 5.71. The Morgan fingerprint density at radius 1 is 1.08 bits per heavy atom. The molecule has 0 rings (SSSR count). The molecule has 0 aromatic rings. The third-order valence-corrected chi connectivity index (χ3v) is 2.47. The van der Waals surface area contributed by atoms with Gasteiger partial charge in [-0.05, 0) is 12.8 Å². The van der Waals surface area contributed by atoms with E-state index < -0.39 is 26.0 Å². The Bertz CT molecular complexity index is 292. The van der Waals surface area contributed by atoms with Crippen LogP contribution in [0.4, 0.5) is 0 Å². The molecule has 0 spiro atoms. The van der Waals surface area contributed by atoms with Gasteiger partial charge in [-0.3, -0.25) is 4.18 Å². The second kappa shape index (κ2) is 4.89. The quantitative estimate of drug-likeness (QED) is 0.453. The second-order valence-corrected chi connectivity index (χ2v) is 5.66. The molecule has 0 saturated heterocycles. The van der Waals surface area contributed by atoms with Gasteiger partial charge in [0.15, 0.2) is 0 Å². The lowest BCUT2D eigenvalue weighted by molar-refractivity contribution is 0.313. The Balaban J connectivity index is 3.50. The predicted molar refractivity (Wildman–Crippen MR) is 44.5 cm³/mol. The first-order valence-electron chi connectivity index (χ1n) is 3.49. The highest BCUT2D eigenvalue weighted by Crippen LogP contribution is 1.97. The summed E-state index contributed by atoms with van der Waals surface area (Å²) in [5, 5.41) is 0. The fourth-order valence-electron chi connectivity index (χ4n) is 0.591. The van der Waals surface area contributed by atoms with Crippen molar-refractivity contribution in [1.29, 1.82) is 0 Å². The van der Waals surface area contributed by atoms with Crippen molar-refractivity contribution in [2.24, 2.45) is 0 Å². The Labute approximate surface area is 77.8 Å². The van der Waals surface area contributed by atoms with E-state index >= 15 is 0 Å². The van der Waals surface area contributed by atoms with Crippen molar-refractivity contribution in [3.05, 3.63) is 0 Å². The molecule has 1 radical (unpaired) electrons. The van der Waals surface area contributed by atoms with Gasteiger partial charge in [0.25, 0.3) is 20.2 Å². The van der Waals surface area contributed by atoms with E-state index in [0.29, 0.717) is 0 Å². The molecule has 6 nitrogen and oxygen atoms in total. The standard InChI is InChI=1S/C5H11O6S2/c1-12(6,7)11-4-2-3-5-13(8,9)10/h2-5H2,1H3. The molecule has 79 valence electrons. The zero-order valence-corrected chi connectivity index (χ0v) is 8.73. The third kappa shape index (κ3) is 11.8. The molecule has 0 N–H and O–H groups in total. The van der Waals surface area contributed by atoms with E-state index in [4.69, 9.17) is 0 Å². The Kier molecular flexibility index (Phi) is 4.82. The minimum absolute atomic E-state index is 0.0889. The molecule has 13 heavy (non-hydrogen) atoms. The van der Waals surface area contributed by atoms with Crippen LogP contribution in [0.25, 0.3) is 0 Å². The Morgan fingerprint density at radius 2 is 1.62 bits per heavy atom. The lowest BCUT2D eigenvalue weighted by Gasteiger charge is -1.99. The zero-order chi connectivity index (χ0) is 10.5. The van der Waals surface area contributed by atoms with E-state index in [-0.39, 0.29) is 19.4 Å². The fraction of sp³-hybridized carbons (Fsp3) is 1.00. The van der Waals surface area contributed by atoms with Crippen LogP contribution in [0.3, 0.4) is 0 Å². The molecule has 0 fully saturated rings. The third-order valence-electron chi connectivity index (χ3n) is 1.09. The number of hydrogen-bond acceptors (Lipinski definition) is 5. The maximum Gasteiger partial charge on any atom is 0.294 e. The van der Waals surface area contributed by atoms with E-state index in [0.717, 1.165) is 6.26 Å². The van der Waals surface area contributed by atoms with Gasteiger partial charge in [0, 0.05) is 0 Å². The molecule has 0 bridgehead atoms. The molecular weight excluding hydrogens is 220 g/mol. The maximum atomic E-state index is 10.4. The van der Waals surface area contributed by atoms with Crippen molar-refractivity contribution in [2.45, 2.75) is 12.8 Å². The largest absolute Gasteiger partial charge is 0.294 e. The minimum atomic E-state index is -4.20. The van der Waals surface area contributed by atoms with Crippen LogP contribution in [0.2, 0.25) is 0 Å². The smallest absolute Gasteiger partial charge is 0.270 e. The maximum absolute atomic E-state index is 10.4. The molecule has 0 aliphatic heterocycles. The molecule has 8 heteroatoms. The van der Waals surface area contributed by atoms with Crippen LogP contribution in [0.15, 0.2) is 0 Å². The molecule has 0 aliphatic rings. The van der Waals surface area contributed by atoms with Crippen LogP contribution in [0, 0.1) is 0 Å². The summed E-state index contributed by atoms with van der Waals surface area (Å²) in [5.74, 6) is -0.486. The average molecular weight is 231 g/mol. The van der Waals surface area contributed by atoms with Crippen LogP contribution in [0.1, 0.15) is 12.8 Å². The second-order valence-electron chi connectivity index (χ2n) is 2.50. The number of rotatable bonds is 6. The summed E-state index contributed by atoms with van der Waals surface area (Å²) in [6.07, 6.45) is 1.24. The van der Waals surface area contributed by atoms with Crippen molar-refractivity contribution < 1.29 is 25.6 Å². The molecule has 0 saturated carbocycles. The van der Waals surface area contributed by atoms with E-state index in [1.807, 2.05) is 0 Å². The summed E-state index contributed by atoms with van der Waals surface area (Å²) in [6.45, 7) is -0.0889. The molecule has 0 amide bonds. The lowest BCUT2D eigenvalue weighted by Crippen LogP contribution is -2.07. The lowest BCUT2D eigenvalue weighted by atomic mass is 10.4. The number of hydrogen-bond donors (Lipinski definition) is 0. The van der Waals surface area contributed by atoms with Crippen LogP contribution in [0.5, 0.6) is 0 Å². The fourth-order valence-corrected chi connectivity index (χ4v) is 1.57. The van der Waals surface area contributed by atoms with Crippen molar-refractivity contribution in [1.82, 2.24) is 0 Å². The summed E-state index contributed by atoms with van der Waals surface area (Å²) in [5.41, 5.74) is 0. The van der Waals surface area contributed by atoms with E-state index in [2.05, 4.69) is 4.18 Å². The molecule has 0 heterocycles. The highest BCUT2D eigenvalue weighted by molar-refractivity contribution is 7.86. The summed E-state index contributed by atoms with van der Waals surface area (Å²) >= 11 is 0. The van der Waals surface area contributed by atoms with Gasteiger partial charge in [0.05, 0.1) is 18.6 Å². The van der Waals surface area contributed by atoms with Gasteiger partial charge in [-0.15, -0.1) is 0 Å². The number of unbranched alkanes of at least 4 members (excludes halogenated alkanes) is 1. The van der Waals surface area contributed by atoms with Gasteiger partial charge >= 0.3 is 0 Å². The first kappa shape index (κ1) is 12.8. The Hall–Kier alpha value is -0.180. The van der Waals surface area contributed by atoms with Crippen molar-refractivity contribution in [3.8, 4) is 0 Å². The highest BCUT2D eigenvalue weighted by atomic mass is 32.2. The zero-order valence-electron chi connectivity index (χ0n) is 7.09. The first-order valence-corrected chi connectivity index (χ1v) is 6.88. The average Bonchev–Trinajstić information content (AvgIpc) is 1.81. The van der Waals surface area contributed by atoms with Crippen molar-refractivity contribution >= 4 is 20.2 Å². The van der Waals surface area contributed by atoms with Gasteiger partial charge in [-0.25, -0.2) is 0 Å². The van der Waals surface area contributed by atoms with Gasteiger partial charge in [-0.2, -0.15) is 16.8 Å². The summed E-state index contributed by atoms with van der Waals surface area (Å²) < 4.78 is 55.3.